The molecule has 1 rings (SSSR count). The normalized spacial score (nSPS) is 12.0. The van der Waals surface area contributed by atoms with Gasteiger partial charge in [0.1, 0.15) is 0 Å². The van der Waals surface area contributed by atoms with Crippen LogP contribution >= 0.6 is 27.3 Å². The minimum Gasteiger partial charge on any atom is -0.390 e. The molecular weight excluding hydrogens is 224 g/mol. The topological polar surface area (TPSA) is 20.2 Å². The van der Waals surface area contributed by atoms with Gasteiger partial charge in [0.05, 0.1) is 5.60 Å². The molecule has 0 atom stereocenters. The van der Waals surface area contributed by atoms with Gasteiger partial charge >= 0.3 is 0 Å². The Bertz CT molecular complexity index is 236. The third-order valence-electron chi connectivity index (χ3n) is 1.23. The smallest absolute Gasteiger partial charge is 0.0639 e. The Morgan fingerprint density at radius 3 is 2.64 bits per heavy atom. The van der Waals surface area contributed by atoms with E-state index in [4.69, 9.17) is 0 Å². The molecule has 0 aliphatic rings. The lowest BCUT2D eigenvalue weighted by Gasteiger charge is -2.14. The first-order valence-electron chi connectivity index (χ1n) is 3.43. The molecule has 0 saturated heterocycles. The lowest BCUT2D eigenvalue weighted by atomic mass is 10.1. The fourth-order valence-corrected chi connectivity index (χ4v) is 2.54. The Morgan fingerprint density at radius 2 is 2.27 bits per heavy atom. The number of thiophene rings is 1. The van der Waals surface area contributed by atoms with E-state index in [1.54, 1.807) is 11.3 Å². The van der Waals surface area contributed by atoms with E-state index in [1.165, 1.54) is 4.88 Å². The van der Waals surface area contributed by atoms with Crippen molar-refractivity contribution >= 4 is 27.3 Å². The van der Waals surface area contributed by atoms with Crippen LogP contribution in [-0.2, 0) is 6.42 Å². The van der Waals surface area contributed by atoms with Crippen LogP contribution in [0.15, 0.2) is 15.9 Å². The zero-order valence-electron chi connectivity index (χ0n) is 6.60. The summed E-state index contributed by atoms with van der Waals surface area (Å²) in [4.78, 5) is 1.21. The van der Waals surface area contributed by atoms with E-state index in [0.29, 0.717) is 0 Å². The monoisotopic (exact) mass is 234 g/mol. The molecule has 0 amide bonds. The van der Waals surface area contributed by atoms with Gasteiger partial charge in [-0.1, -0.05) is 0 Å². The molecule has 0 spiro atoms. The minimum absolute atomic E-state index is 0.593. The SMILES string of the molecule is CC(C)(O)Cc1cc(Br)cs1. The molecule has 0 saturated carbocycles. The van der Waals surface area contributed by atoms with Crippen LogP contribution in [0.2, 0.25) is 0 Å². The summed E-state index contributed by atoms with van der Waals surface area (Å²) in [5.74, 6) is 0. The van der Waals surface area contributed by atoms with E-state index in [0.717, 1.165) is 10.9 Å². The van der Waals surface area contributed by atoms with Gasteiger partial charge in [-0.25, -0.2) is 0 Å². The Labute approximate surface area is 79.2 Å². The van der Waals surface area contributed by atoms with Gasteiger partial charge in [0.25, 0.3) is 0 Å². The van der Waals surface area contributed by atoms with Crippen LogP contribution in [0.25, 0.3) is 0 Å². The highest BCUT2D eigenvalue weighted by Crippen LogP contribution is 2.23. The third kappa shape index (κ3) is 3.36. The lowest BCUT2D eigenvalue weighted by Crippen LogP contribution is -2.20. The molecular formula is C8H11BrOS. The summed E-state index contributed by atoms with van der Waals surface area (Å²) in [5, 5.41) is 11.5. The fourth-order valence-electron chi connectivity index (χ4n) is 0.873. The number of hydrogen-bond acceptors (Lipinski definition) is 2. The van der Waals surface area contributed by atoms with E-state index in [-0.39, 0.29) is 0 Å². The van der Waals surface area contributed by atoms with Crippen LogP contribution in [0.5, 0.6) is 0 Å². The molecule has 1 aromatic rings. The predicted octanol–water partition coefficient (Wildman–Crippen LogP) is 2.82. The summed E-state index contributed by atoms with van der Waals surface area (Å²) in [7, 11) is 0. The summed E-state index contributed by atoms with van der Waals surface area (Å²) in [6.45, 7) is 3.64. The van der Waals surface area contributed by atoms with Gasteiger partial charge in [0.15, 0.2) is 0 Å². The Morgan fingerprint density at radius 1 is 1.64 bits per heavy atom. The first-order valence-corrected chi connectivity index (χ1v) is 5.10. The highest BCUT2D eigenvalue weighted by atomic mass is 79.9. The molecule has 0 bridgehead atoms. The van der Waals surface area contributed by atoms with Crippen LogP contribution < -0.4 is 0 Å². The van der Waals surface area contributed by atoms with Gasteiger partial charge in [-0.3, -0.25) is 0 Å². The predicted molar refractivity (Wildman–Crippen MR) is 52.0 cm³/mol. The van der Waals surface area contributed by atoms with E-state index >= 15 is 0 Å². The molecule has 1 N–H and O–H groups in total. The summed E-state index contributed by atoms with van der Waals surface area (Å²) in [6, 6.07) is 2.04. The summed E-state index contributed by atoms with van der Waals surface area (Å²) in [6.07, 6.45) is 0.725. The molecule has 11 heavy (non-hydrogen) atoms. The quantitative estimate of drug-likeness (QED) is 0.835. The molecule has 0 aromatic carbocycles. The fraction of sp³-hybridized carbons (Fsp3) is 0.500. The van der Waals surface area contributed by atoms with Crippen molar-refractivity contribution in [2.75, 3.05) is 0 Å². The van der Waals surface area contributed by atoms with Crippen LogP contribution in [0, 0.1) is 0 Å². The maximum Gasteiger partial charge on any atom is 0.0639 e. The van der Waals surface area contributed by atoms with Crippen molar-refractivity contribution in [1.82, 2.24) is 0 Å². The average molecular weight is 235 g/mol. The molecule has 0 aliphatic carbocycles. The van der Waals surface area contributed by atoms with E-state index in [9.17, 15) is 5.11 Å². The minimum atomic E-state index is -0.593. The van der Waals surface area contributed by atoms with Crippen molar-refractivity contribution in [3.63, 3.8) is 0 Å². The van der Waals surface area contributed by atoms with E-state index < -0.39 is 5.60 Å². The number of hydrogen-bond donors (Lipinski definition) is 1. The maximum atomic E-state index is 9.47. The molecule has 0 fully saturated rings. The summed E-state index contributed by atoms with van der Waals surface area (Å²) >= 11 is 5.04. The molecule has 1 heterocycles. The van der Waals surface area contributed by atoms with Crippen LogP contribution in [-0.4, -0.2) is 10.7 Å². The van der Waals surface area contributed by atoms with E-state index in [1.807, 2.05) is 25.3 Å². The molecule has 3 heteroatoms. The van der Waals surface area contributed by atoms with Gasteiger partial charge in [-0.05, 0) is 35.8 Å². The molecule has 0 aliphatic heterocycles. The largest absolute Gasteiger partial charge is 0.390 e. The standard InChI is InChI=1S/C8H11BrOS/c1-8(2,10)4-7-3-6(9)5-11-7/h3,5,10H,4H2,1-2H3. The van der Waals surface area contributed by atoms with Gasteiger partial charge in [0.2, 0.25) is 0 Å². The molecule has 62 valence electrons. The lowest BCUT2D eigenvalue weighted by molar-refractivity contribution is 0.0818. The number of rotatable bonds is 2. The second-order valence-corrected chi connectivity index (χ2v) is 5.13. The van der Waals surface area contributed by atoms with Gasteiger partial charge in [-0.15, -0.1) is 11.3 Å². The highest BCUT2D eigenvalue weighted by Gasteiger charge is 2.14. The van der Waals surface area contributed by atoms with E-state index in [2.05, 4.69) is 15.9 Å². The molecule has 1 nitrogen and oxygen atoms in total. The number of aliphatic hydroxyl groups is 1. The summed E-state index contributed by atoms with van der Waals surface area (Å²) in [5.41, 5.74) is -0.593. The van der Waals surface area contributed by atoms with Crippen molar-refractivity contribution in [3.05, 3.63) is 20.8 Å². The van der Waals surface area contributed by atoms with Gasteiger partial charge in [0, 0.05) is 21.2 Å². The third-order valence-corrected chi connectivity index (χ3v) is 2.93. The molecule has 0 radical (unpaired) electrons. The molecule has 0 unspecified atom stereocenters. The van der Waals surface area contributed by atoms with Crippen LogP contribution in [0.3, 0.4) is 0 Å². The number of halogens is 1. The average Bonchev–Trinajstić information content (AvgIpc) is 2.10. The first-order chi connectivity index (χ1) is 4.97. The zero-order chi connectivity index (χ0) is 8.48. The Balaban J connectivity index is 2.65. The second-order valence-electron chi connectivity index (χ2n) is 3.22. The Kier molecular flexibility index (Phi) is 2.73. The maximum absolute atomic E-state index is 9.47. The van der Waals surface area contributed by atoms with Crippen molar-refractivity contribution in [1.29, 1.82) is 0 Å². The van der Waals surface area contributed by atoms with Crippen molar-refractivity contribution in [2.45, 2.75) is 25.9 Å². The van der Waals surface area contributed by atoms with Crippen LogP contribution in [0.1, 0.15) is 18.7 Å². The first kappa shape index (κ1) is 9.23. The van der Waals surface area contributed by atoms with Gasteiger partial charge < -0.3 is 5.11 Å². The summed E-state index contributed by atoms with van der Waals surface area (Å²) < 4.78 is 1.10. The highest BCUT2D eigenvalue weighted by molar-refractivity contribution is 9.10. The molecule has 1 aromatic heterocycles. The van der Waals surface area contributed by atoms with Crippen molar-refractivity contribution < 1.29 is 5.11 Å². The second kappa shape index (κ2) is 3.25. The Hall–Kier alpha value is 0.140. The van der Waals surface area contributed by atoms with Gasteiger partial charge in [-0.2, -0.15) is 0 Å². The van der Waals surface area contributed by atoms with Crippen molar-refractivity contribution in [3.8, 4) is 0 Å². The van der Waals surface area contributed by atoms with Crippen LogP contribution in [0.4, 0.5) is 0 Å². The van der Waals surface area contributed by atoms with Crippen molar-refractivity contribution in [2.24, 2.45) is 0 Å². The zero-order valence-corrected chi connectivity index (χ0v) is 9.00.